The van der Waals surface area contributed by atoms with Gasteiger partial charge in [0.25, 0.3) is 5.91 Å². The maximum absolute atomic E-state index is 13.0. The summed E-state index contributed by atoms with van der Waals surface area (Å²) in [5, 5.41) is 5.10. The summed E-state index contributed by atoms with van der Waals surface area (Å²) in [7, 11) is 1.66. The topological polar surface area (TPSA) is 79.7 Å². The lowest BCUT2D eigenvalue weighted by molar-refractivity contribution is -0.0948. The average Bonchev–Trinajstić information content (AvgIpc) is 3.10. The van der Waals surface area contributed by atoms with Crippen LogP contribution < -0.4 is 5.32 Å². The van der Waals surface area contributed by atoms with Crippen LogP contribution in [0.2, 0.25) is 0 Å². The fraction of sp³-hybridized carbons (Fsp3) is 0.368. The highest BCUT2D eigenvalue weighted by Crippen LogP contribution is 2.29. The van der Waals surface area contributed by atoms with E-state index in [9.17, 15) is 4.79 Å². The van der Waals surface area contributed by atoms with E-state index in [4.69, 9.17) is 4.74 Å². The quantitative estimate of drug-likeness (QED) is 0.585. The number of aromatic nitrogens is 2. The molecular formula is C19H23N5O2S. The standard InChI is InChI=1S/C19H23N5O2S/c1-6-7-13(20-4)12(2)21-18-22-14-8-9-27-16(14)15(23-18)17(25)24-10-19(3,11-24)26-5/h6-9,12H,1,4,10-11H2,2-3,5H3,(H,21,22,23)/b13-7-. The molecule has 2 aromatic heterocycles. The SMILES string of the molecule is C=C/C=C(\N=C)C(C)Nc1nc(C(=O)N2CC(C)(OC)C2)c2sccc2n1. The molecule has 0 saturated carbocycles. The summed E-state index contributed by atoms with van der Waals surface area (Å²) in [6.07, 6.45) is 3.42. The summed E-state index contributed by atoms with van der Waals surface area (Å²) in [6, 6.07) is 1.70. The van der Waals surface area contributed by atoms with Crippen molar-refractivity contribution in [2.45, 2.75) is 25.5 Å². The number of thiophene rings is 1. The van der Waals surface area contributed by atoms with Crippen LogP contribution in [0.15, 0.2) is 40.9 Å². The third kappa shape index (κ3) is 3.77. The lowest BCUT2D eigenvalue weighted by atomic mass is 9.96. The maximum Gasteiger partial charge on any atom is 0.274 e. The van der Waals surface area contributed by atoms with Crippen molar-refractivity contribution in [2.24, 2.45) is 4.99 Å². The molecule has 8 heteroatoms. The summed E-state index contributed by atoms with van der Waals surface area (Å²) in [4.78, 5) is 27.7. The average molecular weight is 385 g/mol. The Morgan fingerprint density at radius 3 is 2.89 bits per heavy atom. The lowest BCUT2D eigenvalue weighted by Gasteiger charge is -2.46. The van der Waals surface area contributed by atoms with E-state index in [0.717, 1.165) is 10.2 Å². The molecule has 1 unspecified atom stereocenters. The molecule has 1 aliphatic heterocycles. The molecule has 1 aliphatic rings. The zero-order valence-electron chi connectivity index (χ0n) is 15.7. The van der Waals surface area contributed by atoms with Crippen molar-refractivity contribution >= 4 is 40.1 Å². The number of methoxy groups -OCH3 is 1. The molecule has 1 atom stereocenters. The molecule has 1 saturated heterocycles. The van der Waals surface area contributed by atoms with Gasteiger partial charge in [-0.1, -0.05) is 12.7 Å². The smallest absolute Gasteiger partial charge is 0.274 e. The zero-order valence-corrected chi connectivity index (χ0v) is 16.5. The van der Waals surface area contributed by atoms with Crippen LogP contribution in [-0.4, -0.2) is 59.3 Å². The summed E-state index contributed by atoms with van der Waals surface area (Å²) in [5.74, 6) is 0.268. The van der Waals surface area contributed by atoms with Crippen molar-refractivity contribution in [3.63, 3.8) is 0 Å². The van der Waals surface area contributed by atoms with E-state index in [0.29, 0.717) is 30.4 Å². The normalized spacial score (nSPS) is 17.3. The van der Waals surface area contributed by atoms with Crippen molar-refractivity contribution in [3.05, 3.63) is 41.6 Å². The van der Waals surface area contributed by atoms with Gasteiger partial charge < -0.3 is 15.0 Å². The molecule has 0 aliphatic carbocycles. The highest BCUT2D eigenvalue weighted by atomic mass is 32.1. The maximum atomic E-state index is 13.0. The number of hydrogen-bond donors (Lipinski definition) is 1. The van der Waals surface area contributed by atoms with E-state index >= 15 is 0 Å². The zero-order chi connectivity index (χ0) is 19.6. The van der Waals surface area contributed by atoms with Crippen LogP contribution in [0.4, 0.5) is 5.95 Å². The van der Waals surface area contributed by atoms with Gasteiger partial charge in [0, 0.05) is 7.11 Å². The molecule has 1 fully saturated rings. The first-order valence-corrected chi connectivity index (χ1v) is 9.44. The van der Waals surface area contributed by atoms with Crippen LogP contribution >= 0.6 is 11.3 Å². The van der Waals surface area contributed by atoms with Gasteiger partial charge in [-0.3, -0.25) is 9.79 Å². The minimum absolute atomic E-state index is 0.112. The summed E-state index contributed by atoms with van der Waals surface area (Å²) in [6.45, 7) is 12.3. The molecule has 7 nitrogen and oxygen atoms in total. The first kappa shape index (κ1) is 19.2. The number of hydrogen-bond acceptors (Lipinski definition) is 7. The minimum atomic E-state index is -0.285. The summed E-state index contributed by atoms with van der Waals surface area (Å²) < 4.78 is 6.22. The number of anilines is 1. The second-order valence-electron chi connectivity index (χ2n) is 6.70. The first-order chi connectivity index (χ1) is 12.9. The second-order valence-corrected chi connectivity index (χ2v) is 7.61. The van der Waals surface area contributed by atoms with E-state index < -0.39 is 0 Å². The Morgan fingerprint density at radius 2 is 2.26 bits per heavy atom. The third-order valence-corrected chi connectivity index (χ3v) is 5.51. The molecular weight excluding hydrogens is 362 g/mol. The van der Waals surface area contributed by atoms with Gasteiger partial charge in [-0.25, -0.2) is 9.97 Å². The Bertz CT molecular complexity index is 914. The monoisotopic (exact) mass is 385 g/mol. The summed E-state index contributed by atoms with van der Waals surface area (Å²) >= 11 is 1.46. The highest BCUT2D eigenvalue weighted by molar-refractivity contribution is 7.17. The van der Waals surface area contributed by atoms with Gasteiger partial charge in [0.15, 0.2) is 5.69 Å². The molecule has 142 valence electrons. The first-order valence-electron chi connectivity index (χ1n) is 8.56. The fourth-order valence-corrected chi connectivity index (χ4v) is 3.79. The molecule has 1 amide bonds. The van der Waals surface area contributed by atoms with Crippen LogP contribution in [-0.2, 0) is 4.74 Å². The van der Waals surface area contributed by atoms with Gasteiger partial charge in [-0.2, -0.15) is 0 Å². The second kappa shape index (κ2) is 7.58. The molecule has 3 rings (SSSR count). The van der Waals surface area contributed by atoms with Gasteiger partial charge in [0.1, 0.15) is 5.60 Å². The largest absolute Gasteiger partial charge is 0.375 e. The van der Waals surface area contributed by atoms with E-state index in [-0.39, 0.29) is 17.6 Å². The van der Waals surface area contributed by atoms with E-state index in [1.807, 2.05) is 25.3 Å². The van der Waals surface area contributed by atoms with Crippen molar-refractivity contribution in [2.75, 3.05) is 25.5 Å². The number of carbonyl (C=O) groups excluding carboxylic acids is 1. The van der Waals surface area contributed by atoms with Crippen molar-refractivity contribution in [3.8, 4) is 0 Å². The summed E-state index contributed by atoms with van der Waals surface area (Å²) in [5.41, 5.74) is 1.57. The van der Waals surface area contributed by atoms with Crippen LogP contribution in [0, 0.1) is 0 Å². The number of aliphatic imine (C=N–C) groups is 1. The van der Waals surface area contributed by atoms with Crippen molar-refractivity contribution < 1.29 is 9.53 Å². The van der Waals surface area contributed by atoms with E-state index in [1.165, 1.54) is 11.3 Å². The van der Waals surface area contributed by atoms with Crippen LogP contribution in [0.5, 0.6) is 0 Å². The Kier molecular flexibility index (Phi) is 5.38. The number of rotatable bonds is 7. The van der Waals surface area contributed by atoms with Crippen molar-refractivity contribution in [1.82, 2.24) is 14.9 Å². The van der Waals surface area contributed by atoms with Gasteiger partial charge in [0.05, 0.1) is 35.0 Å². The number of allylic oxidation sites excluding steroid dienone is 2. The van der Waals surface area contributed by atoms with Gasteiger partial charge in [-0.15, -0.1) is 11.3 Å². The number of fused-ring (bicyclic) bond motifs is 1. The third-order valence-electron chi connectivity index (χ3n) is 4.60. The van der Waals surface area contributed by atoms with Gasteiger partial charge >= 0.3 is 0 Å². The van der Waals surface area contributed by atoms with Crippen LogP contribution in [0.25, 0.3) is 10.2 Å². The number of carbonyl (C=O) groups is 1. The fourth-order valence-electron chi connectivity index (χ4n) is 2.98. The molecule has 0 radical (unpaired) electrons. The minimum Gasteiger partial charge on any atom is -0.375 e. The number of nitrogens with one attached hydrogen (secondary N) is 1. The van der Waals surface area contributed by atoms with Crippen LogP contribution in [0.1, 0.15) is 24.3 Å². The number of likely N-dealkylation sites (tertiary alicyclic amines) is 1. The van der Waals surface area contributed by atoms with Gasteiger partial charge in [0.2, 0.25) is 5.95 Å². The predicted octanol–water partition coefficient (Wildman–Crippen LogP) is 3.12. The Morgan fingerprint density at radius 1 is 1.52 bits per heavy atom. The lowest BCUT2D eigenvalue weighted by Crippen LogP contribution is -2.62. The van der Waals surface area contributed by atoms with Crippen molar-refractivity contribution in [1.29, 1.82) is 0 Å². The number of amides is 1. The molecule has 1 N–H and O–H groups in total. The Hall–Kier alpha value is -2.58. The highest BCUT2D eigenvalue weighted by Gasteiger charge is 2.42. The molecule has 0 bridgehead atoms. The molecule has 0 aromatic carbocycles. The van der Waals surface area contributed by atoms with Crippen LogP contribution in [0.3, 0.4) is 0 Å². The number of nitrogens with zero attached hydrogens (tertiary/aromatic N) is 4. The molecule has 3 heterocycles. The molecule has 27 heavy (non-hydrogen) atoms. The predicted molar refractivity (Wildman–Crippen MR) is 110 cm³/mol. The van der Waals surface area contributed by atoms with E-state index in [2.05, 4.69) is 33.6 Å². The Balaban J connectivity index is 1.89. The van der Waals surface area contributed by atoms with E-state index in [1.54, 1.807) is 24.2 Å². The van der Waals surface area contributed by atoms with Gasteiger partial charge in [-0.05, 0) is 38.1 Å². The Labute approximate surface area is 162 Å². The number of ether oxygens (including phenoxy) is 1. The molecule has 2 aromatic rings. The molecule has 0 spiro atoms.